The Morgan fingerprint density at radius 3 is 2.59 bits per heavy atom. The molecule has 0 aliphatic heterocycles. The van der Waals surface area contributed by atoms with Crippen LogP contribution in [-0.4, -0.2) is 35.6 Å². The highest BCUT2D eigenvalue weighted by atomic mass is 35.6. The molecule has 0 saturated carbocycles. The summed E-state index contributed by atoms with van der Waals surface area (Å²) in [7, 11) is 1.18. The molecule has 22 heavy (non-hydrogen) atoms. The predicted octanol–water partition coefficient (Wildman–Crippen LogP) is 3.97. The third-order valence-corrected chi connectivity index (χ3v) is 3.78. The van der Waals surface area contributed by atoms with Crippen molar-refractivity contribution in [3.05, 3.63) is 27.9 Å². The molecule has 0 aliphatic carbocycles. The number of hydrogen-bond acceptors (Lipinski definition) is 5. The minimum atomic E-state index is -1.75. The van der Waals surface area contributed by atoms with Crippen molar-refractivity contribution in [1.82, 2.24) is 5.32 Å². The smallest absolute Gasteiger partial charge is 0.408 e. The van der Waals surface area contributed by atoms with Crippen molar-refractivity contribution in [2.24, 2.45) is 0 Å². The number of carbonyl (C=O) groups is 2. The maximum absolute atomic E-state index is 11.9. The van der Waals surface area contributed by atoms with E-state index in [1.165, 1.54) is 24.0 Å². The molecule has 1 atom stereocenters. The number of carbonyl (C=O) groups excluding carboxylic acids is 2. The number of rotatable bonds is 5. The molecule has 0 aliphatic rings. The number of thiophene rings is 1. The fraction of sp³-hybridized carbons (Fsp3) is 0.333. The first-order valence-corrected chi connectivity index (χ1v) is 8.15. The first kappa shape index (κ1) is 19.4. The molecule has 0 aromatic carbocycles. The first-order valence-electron chi connectivity index (χ1n) is 5.70. The van der Waals surface area contributed by atoms with Crippen LogP contribution in [0.4, 0.5) is 4.79 Å². The lowest BCUT2D eigenvalue weighted by atomic mass is 10.1. The number of ether oxygens (including phenoxy) is 2. The van der Waals surface area contributed by atoms with Gasteiger partial charge in [0.2, 0.25) is 3.79 Å². The predicted molar refractivity (Wildman–Crippen MR) is 88.7 cm³/mol. The fourth-order valence-electron chi connectivity index (χ4n) is 1.39. The van der Waals surface area contributed by atoms with Gasteiger partial charge in [0.05, 0.1) is 7.11 Å². The van der Waals surface area contributed by atoms with Gasteiger partial charge in [-0.25, -0.2) is 9.59 Å². The number of amides is 1. The highest BCUT2D eigenvalue weighted by molar-refractivity contribution is 7.11. The van der Waals surface area contributed by atoms with E-state index >= 15 is 0 Å². The number of alkyl halides is 3. The molecule has 1 amide bonds. The van der Waals surface area contributed by atoms with Gasteiger partial charge in [0, 0.05) is 16.0 Å². The number of hydrogen-bond donors (Lipinski definition) is 1. The normalized spacial score (nSPS) is 13.4. The maximum atomic E-state index is 11.9. The fourth-order valence-corrected chi connectivity index (χ4v) is 2.64. The standard InChI is InChI=1S/C12H11Cl4NO4S/c1-20-10(18)9(7(5-13)8-3-2-4-22-8)17-11(19)21-6-12(14,15)16/h2-5,9H,6H2,1H3,(H,17,19)/b7-5-. The summed E-state index contributed by atoms with van der Waals surface area (Å²) in [4.78, 5) is 24.3. The summed E-state index contributed by atoms with van der Waals surface area (Å²) in [6.45, 7) is -0.476. The Hall–Kier alpha value is -0.660. The topological polar surface area (TPSA) is 64.6 Å². The van der Waals surface area contributed by atoms with Gasteiger partial charge in [-0.05, 0) is 11.4 Å². The van der Waals surface area contributed by atoms with Crippen molar-refractivity contribution in [2.75, 3.05) is 13.7 Å². The number of halogens is 4. The number of esters is 1. The van der Waals surface area contributed by atoms with Gasteiger partial charge in [-0.15, -0.1) is 11.3 Å². The van der Waals surface area contributed by atoms with Gasteiger partial charge in [0.15, 0.2) is 6.04 Å². The van der Waals surface area contributed by atoms with Crippen LogP contribution in [0.15, 0.2) is 23.0 Å². The van der Waals surface area contributed by atoms with Crippen LogP contribution in [0.1, 0.15) is 4.88 Å². The minimum absolute atomic E-state index is 0.356. The van der Waals surface area contributed by atoms with Gasteiger partial charge in [-0.2, -0.15) is 0 Å². The molecule has 1 unspecified atom stereocenters. The molecule has 1 heterocycles. The molecular formula is C12H11Cl4NO4S. The molecule has 5 nitrogen and oxygen atoms in total. The van der Waals surface area contributed by atoms with Gasteiger partial charge < -0.3 is 14.8 Å². The van der Waals surface area contributed by atoms with Crippen molar-refractivity contribution in [2.45, 2.75) is 9.83 Å². The van der Waals surface area contributed by atoms with Crippen LogP contribution in [0.5, 0.6) is 0 Å². The van der Waals surface area contributed by atoms with Crippen molar-refractivity contribution in [3.8, 4) is 0 Å². The molecule has 0 saturated heterocycles. The Labute approximate surface area is 151 Å². The molecule has 10 heteroatoms. The Balaban J connectivity index is 2.86. The van der Waals surface area contributed by atoms with Crippen molar-refractivity contribution in [1.29, 1.82) is 0 Å². The Morgan fingerprint density at radius 1 is 1.45 bits per heavy atom. The number of methoxy groups -OCH3 is 1. The second kappa shape index (κ2) is 8.84. The van der Waals surface area contributed by atoms with E-state index in [9.17, 15) is 9.59 Å². The van der Waals surface area contributed by atoms with Gasteiger partial charge in [-0.3, -0.25) is 0 Å². The lowest BCUT2D eigenvalue weighted by Gasteiger charge is -2.19. The quantitative estimate of drug-likeness (QED) is 0.593. The third-order valence-electron chi connectivity index (χ3n) is 2.30. The van der Waals surface area contributed by atoms with Crippen molar-refractivity contribution < 1.29 is 19.1 Å². The molecule has 0 bridgehead atoms. The maximum Gasteiger partial charge on any atom is 0.408 e. The average molecular weight is 407 g/mol. The Bertz CT molecular complexity index is 542. The molecule has 1 N–H and O–H groups in total. The van der Waals surface area contributed by atoms with Gasteiger partial charge in [0.25, 0.3) is 0 Å². The van der Waals surface area contributed by atoms with Crippen molar-refractivity contribution >= 4 is 75.4 Å². The van der Waals surface area contributed by atoms with Crippen LogP contribution >= 0.6 is 57.7 Å². The molecule has 1 rings (SSSR count). The van der Waals surface area contributed by atoms with Gasteiger partial charge >= 0.3 is 12.1 Å². The molecule has 0 fully saturated rings. The molecule has 0 radical (unpaired) electrons. The zero-order valence-electron chi connectivity index (χ0n) is 11.1. The van der Waals surface area contributed by atoms with E-state index in [2.05, 4.69) is 10.1 Å². The van der Waals surface area contributed by atoms with E-state index in [1.54, 1.807) is 17.5 Å². The molecule has 1 aromatic heterocycles. The second-order valence-electron chi connectivity index (χ2n) is 3.83. The summed E-state index contributed by atoms with van der Waals surface area (Å²) in [5.74, 6) is -0.717. The summed E-state index contributed by atoms with van der Waals surface area (Å²) >= 11 is 23.5. The lowest BCUT2D eigenvalue weighted by Crippen LogP contribution is -2.43. The van der Waals surface area contributed by atoms with E-state index in [-0.39, 0.29) is 0 Å². The van der Waals surface area contributed by atoms with E-state index in [0.29, 0.717) is 10.5 Å². The lowest BCUT2D eigenvalue weighted by molar-refractivity contribution is -0.141. The highest BCUT2D eigenvalue weighted by Crippen LogP contribution is 2.27. The van der Waals surface area contributed by atoms with Crippen LogP contribution in [-0.2, 0) is 14.3 Å². The van der Waals surface area contributed by atoms with Crippen LogP contribution in [0, 0.1) is 0 Å². The molecule has 0 spiro atoms. The van der Waals surface area contributed by atoms with Gasteiger partial charge in [0.1, 0.15) is 6.61 Å². The minimum Gasteiger partial charge on any atom is -0.467 e. The highest BCUT2D eigenvalue weighted by Gasteiger charge is 2.29. The van der Waals surface area contributed by atoms with Crippen LogP contribution < -0.4 is 5.32 Å². The third kappa shape index (κ3) is 6.22. The Kier molecular flexibility index (Phi) is 7.79. The van der Waals surface area contributed by atoms with Crippen LogP contribution in [0.25, 0.3) is 5.57 Å². The molecule has 1 aromatic rings. The second-order valence-corrected chi connectivity index (χ2v) is 7.52. The van der Waals surface area contributed by atoms with E-state index in [4.69, 9.17) is 51.1 Å². The summed E-state index contributed by atoms with van der Waals surface area (Å²) in [6.07, 6.45) is -0.950. The Morgan fingerprint density at radius 2 is 2.14 bits per heavy atom. The zero-order valence-corrected chi connectivity index (χ0v) is 15.0. The molecular weight excluding hydrogens is 396 g/mol. The SMILES string of the molecule is COC(=O)C(NC(=O)OCC(Cl)(Cl)Cl)/C(=C\Cl)c1cccs1. The average Bonchev–Trinajstić information content (AvgIpc) is 2.97. The zero-order chi connectivity index (χ0) is 16.8. The van der Waals surface area contributed by atoms with Gasteiger partial charge in [-0.1, -0.05) is 52.5 Å². The summed E-state index contributed by atoms with van der Waals surface area (Å²) in [5, 5.41) is 4.12. The van der Waals surface area contributed by atoms with E-state index < -0.39 is 28.5 Å². The van der Waals surface area contributed by atoms with Crippen LogP contribution in [0.2, 0.25) is 0 Å². The van der Waals surface area contributed by atoms with Crippen LogP contribution in [0.3, 0.4) is 0 Å². The summed E-state index contributed by atoms with van der Waals surface area (Å²) in [6, 6.07) is 2.36. The van der Waals surface area contributed by atoms with E-state index in [1.807, 2.05) is 0 Å². The first-order chi connectivity index (χ1) is 10.3. The summed E-state index contributed by atoms with van der Waals surface area (Å²) in [5.41, 5.74) is 1.54. The number of alkyl carbamates (subject to hydrolysis) is 1. The summed E-state index contributed by atoms with van der Waals surface area (Å²) < 4.78 is 7.63. The largest absolute Gasteiger partial charge is 0.467 e. The van der Waals surface area contributed by atoms with Crippen molar-refractivity contribution in [3.63, 3.8) is 0 Å². The van der Waals surface area contributed by atoms with E-state index in [0.717, 1.165) is 0 Å². The number of nitrogens with one attached hydrogen (secondary N) is 1. The molecule has 122 valence electrons. The monoisotopic (exact) mass is 405 g/mol.